The highest BCUT2D eigenvalue weighted by Gasteiger charge is 2.53. The van der Waals surface area contributed by atoms with Crippen LogP contribution in [0.2, 0.25) is 0 Å². The number of likely N-dealkylation sites (N-methyl/N-ethyl adjacent to an activating group) is 1. The van der Waals surface area contributed by atoms with Crippen molar-refractivity contribution >= 4 is 15.8 Å². The zero-order valence-electron chi connectivity index (χ0n) is 9.10. The van der Waals surface area contributed by atoms with Crippen LogP contribution in [0.1, 0.15) is 19.3 Å². The molecule has 2 rings (SSSR count). The van der Waals surface area contributed by atoms with E-state index in [2.05, 4.69) is 4.99 Å². The van der Waals surface area contributed by atoms with Crippen LogP contribution in [0.25, 0.3) is 0 Å². The molecule has 0 aromatic carbocycles. The fraction of sp³-hybridized carbons (Fsp3) is 0.889. The molecule has 2 unspecified atom stereocenters. The lowest BCUT2D eigenvalue weighted by Crippen LogP contribution is -2.56. The third-order valence-corrected chi connectivity index (χ3v) is 5.43. The predicted octanol–water partition coefficient (Wildman–Crippen LogP) is -0.418. The van der Waals surface area contributed by atoms with Crippen molar-refractivity contribution in [2.75, 3.05) is 19.8 Å². The highest BCUT2D eigenvalue weighted by molar-refractivity contribution is 7.91. The molecule has 2 aliphatic rings. The summed E-state index contributed by atoms with van der Waals surface area (Å²) in [6, 6.07) is 0. The maximum atomic E-state index is 11.7. The smallest absolute Gasteiger partial charge is 0.191 e. The Morgan fingerprint density at radius 3 is 2.73 bits per heavy atom. The molecule has 0 aromatic rings. The first-order valence-electron chi connectivity index (χ1n) is 5.10. The summed E-state index contributed by atoms with van der Waals surface area (Å²) in [5.41, 5.74) is 5.36. The summed E-state index contributed by atoms with van der Waals surface area (Å²) >= 11 is 0. The van der Waals surface area contributed by atoms with Crippen molar-refractivity contribution < 1.29 is 8.42 Å². The Labute approximate surface area is 90.3 Å². The second kappa shape index (κ2) is 3.10. The van der Waals surface area contributed by atoms with Gasteiger partial charge in [-0.25, -0.2) is 8.42 Å². The Morgan fingerprint density at radius 1 is 1.60 bits per heavy atom. The van der Waals surface area contributed by atoms with Crippen molar-refractivity contribution in [3.05, 3.63) is 0 Å². The van der Waals surface area contributed by atoms with Gasteiger partial charge in [-0.05, 0) is 19.3 Å². The van der Waals surface area contributed by atoms with Gasteiger partial charge in [0.2, 0.25) is 0 Å². The number of hydrogen-bond donors (Lipinski definition) is 1. The molecular weight excluding hydrogens is 214 g/mol. The van der Waals surface area contributed by atoms with Crippen LogP contribution in [0, 0.1) is 0 Å². The zero-order valence-corrected chi connectivity index (χ0v) is 9.92. The highest BCUT2D eigenvalue weighted by Crippen LogP contribution is 2.41. The third-order valence-electron chi connectivity index (χ3n) is 3.72. The van der Waals surface area contributed by atoms with E-state index in [1.807, 2.05) is 11.9 Å². The normalized spacial score (nSPS) is 36.3. The highest BCUT2D eigenvalue weighted by atomic mass is 32.2. The van der Waals surface area contributed by atoms with E-state index < -0.39 is 9.84 Å². The molecule has 5 nitrogen and oxygen atoms in total. The average Bonchev–Trinajstić information content (AvgIpc) is 2.66. The van der Waals surface area contributed by atoms with Crippen LogP contribution in [0.15, 0.2) is 4.99 Å². The summed E-state index contributed by atoms with van der Waals surface area (Å²) in [5, 5.41) is -0.320. The maximum absolute atomic E-state index is 11.7. The molecule has 15 heavy (non-hydrogen) atoms. The monoisotopic (exact) mass is 231 g/mol. The van der Waals surface area contributed by atoms with Gasteiger partial charge in [0.05, 0.1) is 17.3 Å². The van der Waals surface area contributed by atoms with Crippen molar-refractivity contribution in [3.63, 3.8) is 0 Å². The summed E-state index contributed by atoms with van der Waals surface area (Å²) in [5.74, 6) is 0.463. The molecule has 1 spiro atoms. The van der Waals surface area contributed by atoms with Crippen LogP contribution < -0.4 is 5.73 Å². The average molecular weight is 231 g/mol. The number of aliphatic imine (C=N–C) groups is 1. The topological polar surface area (TPSA) is 75.8 Å². The van der Waals surface area contributed by atoms with Gasteiger partial charge in [-0.15, -0.1) is 0 Å². The molecule has 0 radical (unpaired) electrons. The van der Waals surface area contributed by atoms with Crippen LogP contribution in [-0.2, 0) is 9.84 Å². The lowest BCUT2D eigenvalue weighted by Gasteiger charge is -2.37. The van der Waals surface area contributed by atoms with Gasteiger partial charge in [0, 0.05) is 13.3 Å². The molecule has 1 heterocycles. The quantitative estimate of drug-likeness (QED) is 0.665. The van der Waals surface area contributed by atoms with E-state index in [4.69, 9.17) is 5.73 Å². The lowest BCUT2D eigenvalue weighted by atomic mass is 9.97. The first kappa shape index (κ1) is 10.7. The fourth-order valence-corrected chi connectivity index (χ4v) is 4.60. The Bertz CT molecular complexity index is 404. The Morgan fingerprint density at radius 2 is 2.27 bits per heavy atom. The van der Waals surface area contributed by atoms with Gasteiger partial charge in [-0.1, -0.05) is 0 Å². The van der Waals surface area contributed by atoms with Gasteiger partial charge in [0.25, 0.3) is 0 Å². The summed E-state index contributed by atoms with van der Waals surface area (Å²) in [7, 11) is -1.18. The first-order chi connectivity index (χ1) is 6.88. The number of nitrogens with two attached hydrogens (primary N) is 1. The minimum absolute atomic E-state index is 0.320. The summed E-state index contributed by atoms with van der Waals surface area (Å²) in [6.07, 6.45) is 3.84. The van der Waals surface area contributed by atoms with E-state index in [1.54, 1.807) is 0 Å². The standard InChI is InChI=1S/C9H17N3O2S/c1-12-8(10)11-6-9(12)5-3-4-7(9)15(2,13)14/h7H,3-6H2,1-2H3,(H2,10,11). The molecular formula is C9H17N3O2S. The summed E-state index contributed by atoms with van der Waals surface area (Å²) < 4.78 is 23.5. The second-order valence-corrected chi connectivity index (χ2v) is 6.78. The minimum Gasteiger partial charge on any atom is -0.370 e. The largest absolute Gasteiger partial charge is 0.370 e. The lowest BCUT2D eigenvalue weighted by molar-refractivity contribution is 0.245. The van der Waals surface area contributed by atoms with Gasteiger partial charge in [-0.3, -0.25) is 4.99 Å². The van der Waals surface area contributed by atoms with Crippen LogP contribution in [0.5, 0.6) is 0 Å². The van der Waals surface area contributed by atoms with Crippen molar-refractivity contribution in [1.82, 2.24) is 4.90 Å². The SMILES string of the molecule is CN1C(N)=NCC12CCCC2S(C)(=O)=O. The van der Waals surface area contributed by atoms with E-state index in [-0.39, 0.29) is 10.8 Å². The molecule has 1 saturated carbocycles. The van der Waals surface area contributed by atoms with E-state index in [1.165, 1.54) is 6.26 Å². The van der Waals surface area contributed by atoms with E-state index in [0.717, 1.165) is 19.3 Å². The van der Waals surface area contributed by atoms with E-state index >= 15 is 0 Å². The molecule has 86 valence electrons. The molecule has 2 atom stereocenters. The molecule has 0 amide bonds. The zero-order chi connectivity index (χ0) is 11.3. The van der Waals surface area contributed by atoms with E-state index in [9.17, 15) is 8.42 Å². The predicted molar refractivity (Wildman–Crippen MR) is 59.5 cm³/mol. The van der Waals surface area contributed by atoms with Crippen LogP contribution >= 0.6 is 0 Å². The molecule has 1 aliphatic heterocycles. The van der Waals surface area contributed by atoms with Crippen LogP contribution in [0.3, 0.4) is 0 Å². The van der Waals surface area contributed by atoms with Gasteiger partial charge in [0.15, 0.2) is 15.8 Å². The minimum atomic E-state index is -3.02. The Balaban J connectivity index is 2.38. The molecule has 0 aromatic heterocycles. The molecule has 1 fully saturated rings. The summed E-state index contributed by atoms with van der Waals surface area (Å²) in [4.78, 5) is 6.02. The summed E-state index contributed by atoms with van der Waals surface area (Å²) in [6.45, 7) is 0.521. The number of nitrogens with zero attached hydrogens (tertiary/aromatic N) is 2. The fourth-order valence-electron chi connectivity index (χ4n) is 2.86. The number of guanidine groups is 1. The van der Waals surface area contributed by atoms with Crippen LogP contribution in [0.4, 0.5) is 0 Å². The van der Waals surface area contributed by atoms with Gasteiger partial charge >= 0.3 is 0 Å². The molecule has 0 bridgehead atoms. The first-order valence-corrected chi connectivity index (χ1v) is 7.06. The van der Waals surface area contributed by atoms with Crippen LogP contribution in [-0.4, -0.2) is 49.9 Å². The molecule has 2 N–H and O–H groups in total. The number of rotatable bonds is 1. The van der Waals surface area contributed by atoms with Crippen molar-refractivity contribution in [2.24, 2.45) is 10.7 Å². The van der Waals surface area contributed by atoms with Gasteiger partial charge in [0.1, 0.15) is 0 Å². The Kier molecular flexibility index (Phi) is 2.22. The van der Waals surface area contributed by atoms with Crippen molar-refractivity contribution in [1.29, 1.82) is 0 Å². The van der Waals surface area contributed by atoms with E-state index in [0.29, 0.717) is 12.5 Å². The number of hydrogen-bond acceptors (Lipinski definition) is 5. The molecule has 0 saturated heterocycles. The maximum Gasteiger partial charge on any atom is 0.191 e. The van der Waals surface area contributed by atoms with Crippen molar-refractivity contribution in [2.45, 2.75) is 30.1 Å². The molecule has 6 heteroatoms. The Hall–Kier alpha value is -0.780. The van der Waals surface area contributed by atoms with Gasteiger partial charge < -0.3 is 10.6 Å². The molecule has 1 aliphatic carbocycles. The second-order valence-electron chi connectivity index (χ2n) is 4.55. The van der Waals surface area contributed by atoms with Crippen molar-refractivity contribution in [3.8, 4) is 0 Å². The van der Waals surface area contributed by atoms with Gasteiger partial charge in [-0.2, -0.15) is 0 Å². The third kappa shape index (κ3) is 1.42. The number of sulfone groups is 1.